The molecule has 0 spiro atoms. The highest BCUT2D eigenvalue weighted by atomic mass is 32.1. The van der Waals surface area contributed by atoms with Crippen molar-refractivity contribution in [2.24, 2.45) is 5.73 Å². The topological polar surface area (TPSA) is 167 Å². The Morgan fingerprint density at radius 1 is 1.09 bits per heavy atom. The van der Waals surface area contributed by atoms with Gasteiger partial charge in [0.25, 0.3) is 5.91 Å². The largest absolute Gasteiger partial charge is 0.439 e. The smallest absolute Gasteiger partial charge is 0.408 e. The zero-order valence-electron chi connectivity index (χ0n) is 25.6. The van der Waals surface area contributed by atoms with E-state index in [9.17, 15) is 19.5 Å². The average Bonchev–Trinajstić information content (AvgIpc) is 3.43. The number of pyridine rings is 1. The second-order valence-corrected chi connectivity index (χ2v) is 12.1. The van der Waals surface area contributed by atoms with E-state index < -0.39 is 35.4 Å². The maximum absolute atomic E-state index is 15.1. The number of alkyl carbamates (subject to hydrolysis) is 1. The summed E-state index contributed by atoms with van der Waals surface area (Å²) in [5.74, 6) is -1.38. The van der Waals surface area contributed by atoms with Crippen LogP contribution in [0.5, 0.6) is 0 Å². The maximum atomic E-state index is 15.1. The molecule has 4 aromatic rings. The summed E-state index contributed by atoms with van der Waals surface area (Å²) in [7, 11) is 1.51. The quantitative estimate of drug-likeness (QED) is 0.141. The highest BCUT2D eigenvalue weighted by molar-refractivity contribution is 7.20. The van der Waals surface area contributed by atoms with Gasteiger partial charge in [0.15, 0.2) is 0 Å². The third-order valence-electron chi connectivity index (χ3n) is 7.04. The molecule has 13 heteroatoms. The zero-order chi connectivity index (χ0) is 33.4. The summed E-state index contributed by atoms with van der Waals surface area (Å²) < 4.78 is 20.8. The number of halogens is 1. The highest BCUT2D eigenvalue weighted by Gasteiger charge is 2.23. The summed E-state index contributed by atoms with van der Waals surface area (Å²) >= 11 is 1.10. The minimum Gasteiger partial charge on any atom is -0.439 e. The average molecular weight is 650 g/mol. The van der Waals surface area contributed by atoms with Crippen molar-refractivity contribution in [2.75, 3.05) is 32.1 Å². The van der Waals surface area contributed by atoms with Crippen LogP contribution in [-0.2, 0) is 21.6 Å². The number of benzene rings is 2. The Labute approximate surface area is 269 Å². The lowest BCUT2D eigenvalue weighted by atomic mass is 9.96. The third kappa shape index (κ3) is 8.87. The third-order valence-corrected chi connectivity index (χ3v) is 8.12. The fraction of sp³-hybridized carbons (Fsp3) is 0.273. The van der Waals surface area contributed by atoms with Crippen molar-refractivity contribution in [2.45, 2.75) is 32.0 Å². The number of amides is 3. The fourth-order valence-electron chi connectivity index (χ4n) is 4.47. The summed E-state index contributed by atoms with van der Waals surface area (Å²) in [5.41, 5.74) is 6.46. The van der Waals surface area contributed by atoms with Crippen LogP contribution in [0.2, 0.25) is 0 Å². The van der Waals surface area contributed by atoms with Crippen molar-refractivity contribution in [3.63, 3.8) is 0 Å². The monoisotopic (exact) mass is 649 g/mol. The molecule has 0 aliphatic rings. The van der Waals surface area contributed by atoms with E-state index in [0.717, 1.165) is 16.9 Å². The van der Waals surface area contributed by atoms with Gasteiger partial charge < -0.3 is 36.2 Å². The summed E-state index contributed by atoms with van der Waals surface area (Å²) in [4.78, 5) is 43.7. The molecule has 2 aromatic heterocycles. The number of rotatable bonds is 13. The van der Waals surface area contributed by atoms with Crippen LogP contribution in [0.1, 0.15) is 47.1 Å². The van der Waals surface area contributed by atoms with Crippen molar-refractivity contribution in [1.29, 1.82) is 0 Å². The predicted octanol–water partition coefficient (Wildman–Crippen LogP) is 4.48. The molecule has 0 aliphatic carbocycles. The molecule has 2 heterocycles. The number of anilines is 2. The van der Waals surface area contributed by atoms with E-state index >= 15 is 4.39 Å². The second-order valence-electron chi connectivity index (χ2n) is 11.0. The molecule has 0 radical (unpaired) electrons. The van der Waals surface area contributed by atoms with Crippen molar-refractivity contribution < 1.29 is 33.7 Å². The van der Waals surface area contributed by atoms with E-state index in [-0.39, 0.29) is 37.2 Å². The first kappa shape index (κ1) is 34.0. The Kier molecular flexibility index (Phi) is 11.1. The molecule has 0 saturated carbocycles. The Bertz CT molecular complexity index is 1690. The Balaban J connectivity index is 1.58. The minimum atomic E-state index is -1.23. The van der Waals surface area contributed by atoms with Crippen LogP contribution in [0.3, 0.4) is 0 Å². The van der Waals surface area contributed by atoms with Gasteiger partial charge in [-0.2, -0.15) is 0 Å². The maximum Gasteiger partial charge on any atom is 0.408 e. The van der Waals surface area contributed by atoms with E-state index in [1.54, 1.807) is 38.1 Å². The Morgan fingerprint density at radius 3 is 2.48 bits per heavy atom. The first-order valence-electron chi connectivity index (χ1n) is 14.4. The lowest BCUT2D eigenvalue weighted by Gasteiger charge is -2.20. The molecule has 1 atom stereocenters. The lowest BCUT2D eigenvalue weighted by Crippen LogP contribution is -2.39. The molecule has 1 unspecified atom stereocenters. The fourth-order valence-corrected chi connectivity index (χ4v) is 5.57. The van der Waals surface area contributed by atoms with Crippen LogP contribution in [0.15, 0.2) is 72.8 Å². The lowest BCUT2D eigenvalue weighted by molar-refractivity contribution is -0.129. The number of nitrogens with one attached hydrogen (secondary N) is 2. The normalized spacial score (nSPS) is 11.9. The van der Waals surface area contributed by atoms with Crippen molar-refractivity contribution in [3.8, 4) is 10.4 Å². The van der Waals surface area contributed by atoms with Gasteiger partial charge in [0, 0.05) is 30.5 Å². The van der Waals surface area contributed by atoms with Crippen LogP contribution >= 0.6 is 11.3 Å². The molecule has 6 N–H and O–H groups in total. The number of aliphatic hydroxyl groups excluding tert-OH is 1. The number of likely N-dealkylation sites (N-methyl/N-ethyl adjacent to an activating group) is 1. The van der Waals surface area contributed by atoms with Crippen LogP contribution in [0, 0.1) is 5.82 Å². The number of hydrogen-bond acceptors (Lipinski definition) is 9. The first-order valence-corrected chi connectivity index (χ1v) is 15.2. The van der Waals surface area contributed by atoms with Crippen molar-refractivity contribution >= 4 is 40.1 Å². The number of ether oxygens (including phenoxy) is 1. The summed E-state index contributed by atoms with van der Waals surface area (Å²) in [6, 6.07) is 20.3. The molecule has 0 fully saturated rings. The molecule has 0 saturated heterocycles. The van der Waals surface area contributed by atoms with Crippen LogP contribution in [0.25, 0.3) is 10.4 Å². The number of thiophene rings is 1. The van der Waals surface area contributed by atoms with Gasteiger partial charge in [-0.05, 0) is 49.2 Å². The van der Waals surface area contributed by atoms with Gasteiger partial charge in [-0.15, -0.1) is 11.3 Å². The summed E-state index contributed by atoms with van der Waals surface area (Å²) in [6.07, 6.45) is -1.41. The number of carbonyl (C=O) groups excluding carboxylic acids is 3. The summed E-state index contributed by atoms with van der Waals surface area (Å²) in [6.45, 7) is 2.72. The van der Waals surface area contributed by atoms with Gasteiger partial charge in [0.1, 0.15) is 29.3 Å². The Morgan fingerprint density at radius 2 is 1.83 bits per heavy atom. The van der Waals surface area contributed by atoms with Gasteiger partial charge in [-0.3, -0.25) is 9.59 Å². The van der Waals surface area contributed by atoms with Crippen LogP contribution in [0.4, 0.5) is 20.0 Å². The zero-order valence-corrected chi connectivity index (χ0v) is 26.4. The molecule has 11 nitrogen and oxygen atoms in total. The van der Waals surface area contributed by atoms with Crippen LogP contribution < -0.4 is 16.4 Å². The molecule has 0 aliphatic heterocycles. The molecular formula is C33H36FN5O6S. The number of primary amides is 1. The second kappa shape index (κ2) is 15.0. The highest BCUT2D eigenvalue weighted by Crippen LogP contribution is 2.39. The van der Waals surface area contributed by atoms with E-state index in [0.29, 0.717) is 27.0 Å². The van der Waals surface area contributed by atoms with E-state index in [2.05, 4.69) is 15.6 Å². The van der Waals surface area contributed by atoms with E-state index in [1.807, 2.05) is 30.3 Å². The molecular weight excluding hydrogens is 613 g/mol. The molecule has 3 amide bonds. The first-order chi connectivity index (χ1) is 21.8. The summed E-state index contributed by atoms with van der Waals surface area (Å²) in [5, 5.41) is 25.2. The molecule has 242 valence electrons. The van der Waals surface area contributed by atoms with Gasteiger partial charge in [-0.1, -0.05) is 48.5 Å². The Hall–Kier alpha value is -4.85. The molecule has 4 rings (SSSR count). The van der Waals surface area contributed by atoms with E-state index in [1.165, 1.54) is 30.1 Å². The molecule has 2 aromatic carbocycles. The standard InChI is InChI=1S/C33H36FN5O6S/c1-33(2,44)21-12-13-22(24(34)17-21)27-18-23(30(35)42)31(46-27)38-28-11-7-10-25(37-28)26(16-20-8-5-4-6-9-20)45-32(43)36-19-29(41)39(3)14-15-40/h4-13,17-18,26,40,44H,14-16,19H2,1-3H3,(H2,35,42)(H,36,43)(H,37,38). The SMILES string of the molecule is CN(CCO)C(=O)CNC(=O)OC(Cc1ccccc1)c1cccc(Nc2sc(-c3ccc(C(C)(C)O)cc3F)cc2C(N)=O)n1. The number of hydrogen-bond donors (Lipinski definition) is 5. The number of nitrogens with zero attached hydrogens (tertiary/aromatic N) is 2. The van der Waals surface area contributed by atoms with Gasteiger partial charge in [0.2, 0.25) is 5.91 Å². The number of aromatic nitrogens is 1. The number of aliphatic hydroxyl groups is 2. The van der Waals surface area contributed by atoms with Gasteiger partial charge in [-0.25, -0.2) is 14.2 Å². The van der Waals surface area contributed by atoms with Crippen molar-refractivity contribution in [3.05, 3.63) is 101 Å². The molecule has 46 heavy (non-hydrogen) atoms. The minimum absolute atomic E-state index is 0.127. The number of carbonyl (C=O) groups is 3. The van der Waals surface area contributed by atoms with Crippen LogP contribution in [-0.4, -0.2) is 64.7 Å². The number of nitrogens with two attached hydrogens (primary N) is 1. The molecule has 0 bridgehead atoms. The predicted molar refractivity (Wildman–Crippen MR) is 173 cm³/mol. The van der Waals surface area contributed by atoms with Gasteiger partial charge in [0.05, 0.1) is 23.5 Å². The van der Waals surface area contributed by atoms with Gasteiger partial charge >= 0.3 is 6.09 Å². The van der Waals surface area contributed by atoms with Crippen molar-refractivity contribution in [1.82, 2.24) is 15.2 Å². The van der Waals surface area contributed by atoms with E-state index in [4.69, 9.17) is 15.6 Å².